The molecule has 1 heterocycles. The molecule has 0 aliphatic carbocycles. The Kier molecular flexibility index (Phi) is 3.99. The molecule has 0 spiro atoms. The Hall–Kier alpha value is -1.10. The van der Waals surface area contributed by atoms with E-state index < -0.39 is 0 Å². The quantitative estimate of drug-likeness (QED) is 0.673. The van der Waals surface area contributed by atoms with Crippen molar-refractivity contribution < 1.29 is 4.42 Å². The molecule has 4 heteroatoms. The van der Waals surface area contributed by atoms with Crippen molar-refractivity contribution in [3.63, 3.8) is 0 Å². The first-order chi connectivity index (χ1) is 8.19. The van der Waals surface area contributed by atoms with Gasteiger partial charge in [-0.05, 0) is 43.2 Å². The van der Waals surface area contributed by atoms with Crippen LogP contribution in [0, 0.1) is 6.92 Å². The molecule has 0 saturated carbocycles. The number of nitrogens with one attached hydrogen (secondary N) is 1. The average Bonchev–Trinajstić information content (AvgIpc) is 2.73. The first-order valence-corrected chi connectivity index (χ1v) is 6.25. The first kappa shape index (κ1) is 12.4. The molecule has 1 aromatic heterocycles. The molecule has 0 fully saturated rings. The van der Waals surface area contributed by atoms with Gasteiger partial charge < -0.3 is 4.42 Å². The van der Waals surface area contributed by atoms with Crippen LogP contribution in [0.2, 0.25) is 0 Å². The van der Waals surface area contributed by atoms with E-state index in [0.29, 0.717) is 0 Å². The molecule has 3 N–H and O–H groups in total. The SMILES string of the molecule is Cc1ccc(C(Cc2cccc(Br)c2)NN)o1. The fourth-order valence-electron chi connectivity index (χ4n) is 1.78. The summed E-state index contributed by atoms with van der Waals surface area (Å²) in [7, 11) is 0. The Bertz CT molecular complexity index is 496. The van der Waals surface area contributed by atoms with Crippen LogP contribution >= 0.6 is 15.9 Å². The second kappa shape index (κ2) is 5.49. The van der Waals surface area contributed by atoms with Crippen molar-refractivity contribution in [1.82, 2.24) is 5.43 Å². The van der Waals surface area contributed by atoms with Crippen molar-refractivity contribution in [2.45, 2.75) is 19.4 Å². The number of aryl methyl sites for hydroxylation is 1. The molecule has 0 saturated heterocycles. The second-order valence-electron chi connectivity index (χ2n) is 4.00. The van der Waals surface area contributed by atoms with Gasteiger partial charge >= 0.3 is 0 Å². The Labute approximate surface area is 109 Å². The predicted molar refractivity (Wildman–Crippen MR) is 71.4 cm³/mol. The molecule has 2 rings (SSSR count). The minimum Gasteiger partial charge on any atom is -0.465 e. The third-order valence-electron chi connectivity index (χ3n) is 2.63. The van der Waals surface area contributed by atoms with E-state index >= 15 is 0 Å². The topological polar surface area (TPSA) is 51.2 Å². The number of nitrogens with two attached hydrogens (primary N) is 1. The molecule has 0 amide bonds. The van der Waals surface area contributed by atoms with E-state index in [1.807, 2.05) is 31.2 Å². The van der Waals surface area contributed by atoms with Crippen molar-refractivity contribution in [3.8, 4) is 0 Å². The van der Waals surface area contributed by atoms with Gasteiger partial charge in [0.15, 0.2) is 0 Å². The van der Waals surface area contributed by atoms with Gasteiger partial charge in [-0.1, -0.05) is 28.1 Å². The van der Waals surface area contributed by atoms with Crippen LogP contribution in [-0.4, -0.2) is 0 Å². The summed E-state index contributed by atoms with van der Waals surface area (Å²) in [4.78, 5) is 0. The maximum Gasteiger partial charge on any atom is 0.122 e. The number of hydrogen-bond acceptors (Lipinski definition) is 3. The maximum atomic E-state index is 5.58. The number of halogens is 1. The van der Waals surface area contributed by atoms with Crippen molar-refractivity contribution in [2.75, 3.05) is 0 Å². The lowest BCUT2D eigenvalue weighted by Gasteiger charge is -2.13. The zero-order valence-electron chi connectivity index (χ0n) is 9.61. The van der Waals surface area contributed by atoms with Crippen LogP contribution < -0.4 is 11.3 Å². The van der Waals surface area contributed by atoms with Crippen LogP contribution in [0.4, 0.5) is 0 Å². The maximum absolute atomic E-state index is 5.58. The minimum absolute atomic E-state index is 0.00185. The Morgan fingerprint density at radius 1 is 1.35 bits per heavy atom. The molecule has 1 unspecified atom stereocenters. The molecular formula is C13H15BrN2O. The van der Waals surface area contributed by atoms with Crippen molar-refractivity contribution in [2.24, 2.45) is 5.84 Å². The Morgan fingerprint density at radius 2 is 2.18 bits per heavy atom. The second-order valence-corrected chi connectivity index (χ2v) is 4.92. The molecule has 0 bridgehead atoms. The van der Waals surface area contributed by atoms with Gasteiger partial charge in [-0.25, -0.2) is 5.43 Å². The number of hydrazine groups is 1. The number of rotatable bonds is 4. The molecular weight excluding hydrogens is 280 g/mol. The predicted octanol–water partition coefficient (Wildman–Crippen LogP) is 3.10. The molecule has 3 nitrogen and oxygen atoms in total. The lowest BCUT2D eigenvalue weighted by Crippen LogP contribution is -2.29. The van der Waals surface area contributed by atoms with Crippen LogP contribution in [0.15, 0.2) is 45.3 Å². The van der Waals surface area contributed by atoms with Gasteiger partial charge in [0.1, 0.15) is 11.5 Å². The van der Waals surface area contributed by atoms with E-state index in [4.69, 9.17) is 10.3 Å². The van der Waals surface area contributed by atoms with Gasteiger partial charge in [-0.2, -0.15) is 0 Å². The lowest BCUT2D eigenvalue weighted by molar-refractivity contribution is 0.403. The summed E-state index contributed by atoms with van der Waals surface area (Å²) in [5.41, 5.74) is 4.00. The number of furan rings is 1. The largest absolute Gasteiger partial charge is 0.465 e. The van der Waals surface area contributed by atoms with E-state index in [1.165, 1.54) is 5.56 Å². The van der Waals surface area contributed by atoms with Gasteiger partial charge in [0.05, 0.1) is 6.04 Å². The highest BCUT2D eigenvalue weighted by Gasteiger charge is 2.14. The van der Waals surface area contributed by atoms with Crippen molar-refractivity contribution >= 4 is 15.9 Å². The van der Waals surface area contributed by atoms with E-state index in [9.17, 15) is 0 Å². The molecule has 0 radical (unpaired) electrons. The Morgan fingerprint density at radius 3 is 2.76 bits per heavy atom. The van der Waals surface area contributed by atoms with Crippen LogP contribution in [-0.2, 0) is 6.42 Å². The summed E-state index contributed by atoms with van der Waals surface area (Å²) < 4.78 is 6.66. The molecule has 17 heavy (non-hydrogen) atoms. The fourth-order valence-corrected chi connectivity index (χ4v) is 2.23. The molecule has 90 valence electrons. The zero-order valence-corrected chi connectivity index (χ0v) is 11.2. The molecule has 1 aromatic carbocycles. The first-order valence-electron chi connectivity index (χ1n) is 5.46. The smallest absolute Gasteiger partial charge is 0.122 e. The van der Waals surface area contributed by atoms with E-state index in [-0.39, 0.29) is 6.04 Å². The Balaban J connectivity index is 2.15. The lowest BCUT2D eigenvalue weighted by atomic mass is 10.0. The average molecular weight is 295 g/mol. The van der Waals surface area contributed by atoms with Gasteiger partial charge in [0.2, 0.25) is 0 Å². The van der Waals surface area contributed by atoms with E-state index in [1.54, 1.807) is 0 Å². The van der Waals surface area contributed by atoms with Crippen LogP contribution in [0.1, 0.15) is 23.1 Å². The molecule has 1 atom stereocenters. The van der Waals surface area contributed by atoms with Crippen molar-refractivity contribution in [1.29, 1.82) is 0 Å². The van der Waals surface area contributed by atoms with Crippen LogP contribution in [0.3, 0.4) is 0 Å². The summed E-state index contributed by atoms with van der Waals surface area (Å²) in [6, 6.07) is 12.1. The monoisotopic (exact) mass is 294 g/mol. The van der Waals surface area contributed by atoms with Crippen LogP contribution in [0.25, 0.3) is 0 Å². The summed E-state index contributed by atoms with van der Waals surface area (Å²) in [6.07, 6.45) is 0.795. The zero-order chi connectivity index (χ0) is 12.3. The fraction of sp³-hybridized carbons (Fsp3) is 0.231. The van der Waals surface area contributed by atoms with Gasteiger partial charge in [0, 0.05) is 4.47 Å². The minimum atomic E-state index is -0.00185. The summed E-state index contributed by atoms with van der Waals surface area (Å²) in [5.74, 6) is 7.34. The normalized spacial score (nSPS) is 12.6. The number of hydrogen-bond donors (Lipinski definition) is 2. The standard InChI is InChI=1S/C13H15BrN2O/c1-9-5-6-13(17-9)12(16-15)8-10-3-2-4-11(14)7-10/h2-7,12,16H,8,15H2,1H3. The highest BCUT2D eigenvalue weighted by molar-refractivity contribution is 9.10. The molecule has 2 aromatic rings. The van der Waals surface area contributed by atoms with Crippen LogP contribution in [0.5, 0.6) is 0 Å². The van der Waals surface area contributed by atoms with E-state index in [2.05, 4.69) is 33.5 Å². The van der Waals surface area contributed by atoms with Gasteiger partial charge in [0.25, 0.3) is 0 Å². The third kappa shape index (κ3) is 3.19. The summed E-state index contributed by atoms with van der Waals surface area (Å²) >= 11 is 3.46. The highest BCUT2D eigenvalue weighted by Crippen LogP contribution is 2.21. The highest BCUT2D eigenvalue weighted by atomic mass is 79.9. The van der Waals surface area contributed by atoms with E-state index in [0.717, 1.165) is 22.4 Å². The summed E-state index contributed by atoms with van der Waals surface area (Å²) in [6.45, 7) is 1.93. The van der Waals surface area contributed by atoms with Gasteiger partial charge in [-0.15, -0.1) is 0 Å². The number of benzene rings is 1. The molecule has 0 aliphatic rings. The third-order valence-corrected chi connectivity index (χ3v) is 3.13. The van der Waals surface area contributed by atoms with Crippen molar-refractivity contribution in [3.05, 3.63) is 58.0 Å². The van der Waals surface area contributed by atoms with Gasteiger partial charge in [-0.3, -0.25) is 5.84 Å². The molecule has 0 aliphatic heterocycles. The summed E-state index contributed by atoms with van der Waals surface area (Å²) in [5, 5.41) is 0.